The Kier molecular flexibility index (Phi) is 9.20. The number of fused-ring (bicyclic) bond motifs is 1. The topological polar surface area (TPSA) is 108 Å². The van der Waals surface area contributed by atoms with Gasteiger partial charge in [-0.05, 0) is 54.1 Å². The van der Waals surface area contributed by atoms with E-state index in [2.05, 4.69) is 10.3 Å². The van der Waals surface area contributed by atoms with E-state index in [0.717, 1.165) is 22.4 Å². The SMILES string of the molecule is COc1ccc(-n2nc(-c3ccccc3)c3c2N(CC(=O)NCc2ccccn2)C(=O)CS[C@H]3c2ccc(OC)c(OC)c2)cc1. The Morgan fingerprint density at radius 1 is 0.913 bits per heavy atom. The lowest BCUT2D eigenvalue weighted by molar-refractivity contribution is -0.123. The van der Waals surface area contributed by atoms with Crippen LogP contribution in [0, 0.1) is 0 Å². The van der Waals surface area contributed by atoms with Crippen molar-refractivity contribution in [2.24, 2.45) is 0 Å². The molecule has 0 fully saturated rings. The molecular weight excluding hydrogens is 602 g/mol. The molecule has 0 spiro atoms. The highest BCUT2D eigenvalue weighted by atomic mass is 32.2. The van der Waals surface area contributed by atoms with Gasteiger partial charge in [0.15, 0.2) is 11.5 Å². The molecule has 3 heterocycles. The second-order valence-corrected chi connectivity index (χ2v) is 11.5. The van der Waals surface area contributed by atoms with Crippen molar-refractivity contribution in [2.75, 3.05) is 38.5 Å². The molecule has 0 radical (unpaired) electrons. The molecule has 2 amide bonds. The molecule has 5 aromatic rings. The number of benzene rings is 3. The lowest BCUT2D eigenvalue weighted by Crippen LogP contribution is -2.42. The van der Waals surface area contributed by atoms with E-state index in [4.69, 9.17) is 19.3 Å². The number of pyridine rings is 1. The highest BCUT2D eigenvalue weighted by Crippen LogP contribution is 2.49. The number of hydrogen-bond acceptors (Lipinski definition) is 8. The number of ether oxygens (including phenoxy) is 3. The molecule has 1 N–H and O–H groups in total. The number of thioether (sulfide) groups is 1. The van der Waals surface area contributed by atoms with Crippen LogP contribution < -0.4 is 24.4 Å². The fourth-order valence-corrected chi connectivity index (χ4v) is 6.59. The third-order valence-corrected chi connectivity index (χ3v) is 8.91. The summed E-state index contributed by atoms with van der Waals surface area (Å²) in [5.74, 6) is 1.99. The van der Waals surface area contributed by atoms with Crippen LogP contribution >= 0.6 is 11.8 Å². The monoisotopic (exact) mass is 635 g/mol. The van der Waals surface area contributed by atoms with Gasteiger partial charge in [-0.1, -0.05) is 42.5 Å². The quantitative estimate of drug-likeness (QED) is 0.216. The summed E-state index contributed by atoms with van der Waals surface area (Å²) in [4.78, 5) is 33.3. The molecule has 0 saturated heterocycles. The molecular formula is C35H33N5O5S. The minimum absolute atomic E-state index is 0.137. The zero-order valence-corrected chi connectivity index (χ0v) is 26.5. The van der Waals surface area contributed by atoms with Crippen molar-refractivity contribution in [2.45, 2.75) is 11.8 Å². The zero-order chi connectivity index (χ0) is 32.0. The van der Waals surface area contributed by atoms with Crippen molar-refractivity contribution in [1.29, 1.82) is 0 Å². The summed E-state index contributed by atoms with van der Waals surface area (Å²) in [5, 5.41) is 7.73. The summed E-state index contributed by atoms with van der Waals surface area (Å²) in [6.45, 7) is 0.0402. The van der Waals surface area contributed by atoms with Crippen molar-refractivity contribution in [1.82, 2.24) is 20.1 Å². The molecule has 0 aliphatic carbocycles. The van der Waals surface area contributed by atoms with Crippen LogP contribution in [0.15, 0.2) is 97.2 Å². The van der Waals surface area contributed by atoms with Gasteiger partial charge in [-0.25, -0.2) is 4.68 Å². The van der Waals surface area contributed by atoms with E-state index in [0.29, 0.717) is 34.4 Å². The van der Waals surface area contributed by atoms with Gasteiger partial charge in [0.1, 0.15) is 18.1 Å². The van der Waals surface area contributed by atoms with Crippen LogP contribution in [-0.4, -0.2) is 60.2 Å². The molecule has 3 aromatic carbocycles. The van der Waals surface area contributed by atoms with Gasteiger partial charge in [-0.3, -0.25) is 19.5 Å². The summed E-state index contributed by atoms with van der Waals surface area (Å²) in [5.41, 5.74) is 4.73. The molecule has 6 rings (SSSR count). The summed E-state index contributed by atoms with van der Waals surface area (Å²) in [7, 11) is 4.80. The molecule has 0 saturated carbocycles. The summed E-state index contributed by atoms with van der Waals surface area (Å²) < 4.78 is 18.3. The third kappa shape index (κ3) is 6.27. The van der Waals surface area contributed by atoms with E-state index in [-0.39, 0.29) is 35.9 Å². The van der Waals surface area contributed by atoms with Crippen LogP contribution in [0.4, 0.5) is 5.82 Å². The lowest BCUT2D eigenvalue weighted by Gasteiger charge is -2.23. The highest BCUT2D eigenvalue weighted by molar-refractivity contribution is 8.00. The first-order chi connectivity index (χ1) is 22.5. The van der Waals surface area contributed by atoms with Crippen molar-refractivity contribution in [3.05, 3.63) is 114 Å². The van der Waals surface area contributed by atoms with E-state index < -0.39 is 0 Å². The molecule has 234 valence electrons. The first kappa shape index (κ1) is 30.7. The number of hydrogen-bond donors (Lipinski definition) is 1. The minimum atomic E-state index is -0.331. The van der Waals surface area contributed by atoms with E-state index in [1.165, 1.54) is 11.8 Å². The van der Waals surface area contributed by atoms with Crippen LogP contribution in [0.5, 0.6) is 17.2 Å². The Labute approximate surface area is 271 Å². The predicted molar refractivity (Wildman–Crippen MR) is 178 cm³/mol. The molecule has 1 atom stereocenters. The second kappa shape index (κ2) is 13.8. The van der Waals surface area contributed by atoms with Gasteiger partial charge in [-0.15, -0.1) is 11.8 Å². The maximum atomic E-state index is 14.0. The standard InChI is InChI=1S/C35H33N5O5S/c1-43-27-15-13-26(14-16-27)40-35-32(33(38-40)23-9-5-4-6-10-23)34(24-12-17-28(44-2)29(19-24)45-3)46-22-31(42)39(35)21-30(41)37-20-25-11-7-8-18-36-25/h4-19,34H,20-22H2,1-3H3,(H,37,41)/t34-/m0/s1. The summed E-state index contributed by atoms with van der Waals surface area (Å²) in [6.07, 6.45) is 1.68. The van der Waals surface area contributed by atoms with E-state index >= 15 is 0 Å². The number of carbonyl (C=O) groups is 2. The molecule has 0 bridgehead atoms. The fraction of sp³-hybridized carbons (Fsp3) is 0.200. The number of aromatic nitrogens is 3. The van der Waals surface area contributed by atoms with Crippen LogP contribution in [0.2, 0.25) is 0 Å². The smallest absolute Gasteiger partial charge is 0.240 e. The maximum absolute atomic E-state index is 14.0. The number of carbonyl (C=O) groups excluding carboxylic acids is 2. The van der Waals surface area contributed by atoms with E-state index in [1.807, 2.05) is 91.0 Å². The van der Waals surface area contributed by atoms with Crippen molar-refractivity contribution >= 4 is 29.4 Å². The molecule has 46 heavy (non-hydrogen) atoms. The Morgan fingerprint density at radius 3 is 2.37 bits per heavy atom. The Morgan fingerprint density at radius 2 is 1.67 bits per heavy atom. The van der Waals surface area contributed by atoms with Crippen LogP contribution in [0.3, 0.4) is 0 Å². The van der Waals surface area contributed by atoms with Crippen molar-refractivity contribution in [3.63, 3.8) is 0 Å². The number of nitrogens with one attached hydrogen (secondary N) is 1. The molecule has 2 aromatic heterocycles. The van der Waals surface area contributed by atoms with Crippen LogP contribution in [0.1, 0.15) is 22.1 Å². The lowest BCUT2D eigenvalue weighted by atomic mass is 9.99. The number of methoxy groups -OCH3 is 3. The van der Waals surface area contributed by atoms with Gasteiger partial charge in [0.05, 0.1) is 56.0 Å². The average molecular weight is 636 g/mol. The van der Waals surface area contributed by atoms with Gasteiger partial charge in [0, 0.05) is 17.3 Å². The Balaban J connectivity index is 1.53. The van der Waals surface area contributed by atoms with E-state index in [9.17, 15) is 9.59 Å². The van der Waals surface area contributed by atoms with Gasteiger partial charge in [-0.2, -0.15) is 5.10 Å². The Bertz CT molecular complexity index is 1830. The van der Waals surface area contributed by atoms with Gasteiger partial charge < -0.3 is 19.5 Å². The number of amides is 2. The van der Waals surface area contributed by atoms with Crippen molar-refractivity contribution < 1.29 is 23.8 Å². The number of rotatable bonds is 10. The van der Waals surface area contributed by atoms with Crippen molar-refractivity contribution in [3.8, 4) is 34.2 Å². The van der Waals surface area contributed by atoms with Crippen LogP contribution in [0.25, 0.3) is 16.9 Å². The summed E-state index contributed by atoms with van der Waals surface area (Å²) >= 11 is 1.48. The van der Waals surface area contributed by atoms with Gasteiger partial charge in [0.25, 0.3) is 0 Å². The second-order valence-electron chi connectivity index (χ2n) is 10.4. The normalized spacial score (nSPS) is 14.3. The first-order valence-electron chi connectivity index (χ1n) is 14.6. The number of anilines is 1. The molecule has 10 nitrogen and oxygen atoms in total. The average Bonchev–Trinajstić information content (AvgIpc) is 3.44. The summed E-state index contributed by atoms with van der Waals surface area (Å²) in [6, 6.07) is 28.6. The predicted octanol–water partition coefficient (Wildman–Crippen LogP) is 5.45. The minimum Gasteiger partial charge on any atom is -0.497 e. The fourth-order valence-electron chi connectivity index (χ4n) is 5.40. The highest BCUT2D eigenvalue weighted by Gasteiger charge is 2.38. The zero-order valence-electron chi connectivity index (χ0n) is 25.7. The molecule has 1 aliphatic rings. The first-order valence-corrected chi connectivity index (χ1v) is 15.7. The Hall–Kier alpha value is -5.29. The maximum Gasteiger partial charge on any atom is 0.240 e. The molecule has 1 aliphatic heterocycles. The van der Waals surface area contributed by atoms with Crippen LogP contribution in [-0.2, 0) is 16.1 Å². The van der Waals surface area contributed by atoms with Gasteiger partial charge >= 0.3 is 0 Å². The molecule has 11 heteroatoms. The van der Waals surface area contributed by atoms with E-state index in [1.54, 1.807) is 37.1 Å². The number of nitrogens with zero attached hydrogens (tertiary/aromatic N) is 4. The van der Waals surface area contributed by atoms with Gasteiger partial charge in [0.2, 0.25) is 11.8 Å². The third-order valence-electron chi connectivity index (χ3n) is 7.66. The molecule has 0 unspecified atom stereocenters. The largest absolute Gasteiger partial charge is 0.497 e.